The van der Waals surface area contributed by atoms with Gasteiger partial charge in [0.05, 0.1) is 11.1 Å². The summed E-state index contributed by atoms with van der Waals surface area (Å²) in [6.45, 7) is 0.714. The van der Waals surface area contributed by atoms with E-state index < -0.39 is 0 Å². The molecule has 162 valence electrons. The van der Waals surface area contributed by atoms with Gasteiger partial charge in [0.25, 0.3) is 0 Å². The number of aromatic nitrogens is 1. The van der Waals surface area contributed by atoms with Crippen LogP contribution in [0, 0.1) is 23.2 Å². The Morgan fingerprint density at radius 2 is 1.71 bits per heavy atom. The van der Waals surface area contributed by atoms with Gasteiger partial charge in [0.15, 0.2) is 5.13 Å². The summed E-state index contributed by atoms with van der Waals surface area (Å²) in [5.74, 6) is 2.39. The number of likely N-dealkylation sites (tertiary alicyclic amines) is 1. The van der Waals surface area contributed by atoms with Crippen LogP contribution in [0.1, 0.15) is 51.4 Å². The van der Waals surface area contributed by atoms with Crippen LogP contribution in [0.4, 0.5) is 5.13 Å². The van der Waals surface area contributed by atoms with Crippen molar-refractivity contribution in [3.63, 3.8) is 0 Å². The average molecular weight is 436 g/mol. The minimum atomic E-state index is -0.357. The number of rotatable bonds is 4. The number of hydrogen-bond donors (Lipinski definition) is 1. The third-order valence-corrected chi connectivity index (χ3v) is 8.87. The highest BCUT2D eigenvalue weighted by molar-refractivity contribution is 7.14. The molecule has 6 heteroatoms. The first-order chi connectivity index (χ1) is 15.1. The van der Waals surface area contributed by atoms with E-state index in [1.807, 2.05) is 40.6 Å². The highest BCUT2D eigenvalue weighted by Gasteiger charge is 2.56. The lowest BCUT2D eigenvalue weighted by molar-refractivity contribution is -0.160. The monoisotopic (exact) mass is 435 g/mol. The number of carbonyl (C=O) groups is 2. The molecule has 5 fully saturated rings. The molecule has 4 saturated carbocycles. The first kappa shape index (κ1) is 19.5. The Morgan fingerprint density at radius 3 is 2.39 bits per heavy atom. The highest BCUT2D eigenvalue weighted by Crippen LogP contribution is 2.60. The molecule has 1 N–H and O–H groups in total. The number of nitrogens with zero attached hydrogens (tertiary/aromatic N) is 2. The van der Waals surface area contributed by atoms with Crippen LogP contribution in [0.2, 0.25) is 0 Å². The van der Waals surface area contributed by atoms with Crippen molar-refractivity contribution in [2.45, 2.75) is 57.4 Å². The fraction of sp³-hybridized carbons (Fsp3) is 0.560. The highest BCUT2D eigenvalue weighted by atomic mass is 32.1. The van der Waals surface area contributed by atoms with Gasteiger partial charge in [-0.3, -0.25) is 9.59 Å². The Morgan fingerprint density at radius 1 is 1.03 bits per heavy atom. The molecule has 5 aliphatic rings. The Hall–Kier alpha value is -2.21. The summed E-state index contributed by atoms with van der Waals surface area (Å²) < 4.78 is 0. The van der Waals surface area contributed by atoms with Gasteiger partial charge in [-0.25, -0.2) is 4.98 Å². The van der Waals surface area contributed by atoms with E-state index in [1.54, 1.807) is 0 Å². The van der Waals surface area contributed by atoms with Crippen molar-refractivity contribution in [2.24, 2.45) is 23.2 Å². The number of anilines is 1. The number of benzene rings is 1. The Labute approximate surface area is 187 Å². The largest absolute Gasteiger partial charge is 0.330 e. The smallest absolute Gasteiger partial charge is 0.248 e. The lowest BCUT2D eigenvalue weighted by atomic mass is 9.49. The van der Waals surface area contributed by atoms with Gasteiger partial charge >= 0.3 is 0 Å². The van der Waals surface area contributed by atoms with E-state index in [-0.39, 0.29) is 23.3 Å². The van der Waals surface area contributed by atoms with Crippen LogP contribution < -0.4 is 5.32 Å². The summed E-state index contributed by atoms with van der Waals surface area (Å²) in [5.41, 5.74) is 1.73. The van der Waals surface area contributed by atoms with Crippen LogP contribution in [-0.2, 0) is 9.59 Å². The maximum absolute atomic E-state index is 13.8. The molecule has 31 heavy (non-hydrogen) atoms. The summed E-state index contributed by atoms with van der Waals surface area (Å²) >= 11 is 1.44. The lowest BCUT2D eigenvalue weighted by Gasteiger charge is -2.56. The molecule has 7 rings (SSSR count). The van der Waals surface area contributed by atoms with Gasteiger partial charge in [-0.2, -0.15) is 0 Å². The van der Waals surface area contributed by atoms with E-state index in [2.05, 4.69) is 10.3 Å². The maximum Gasteiger partial charge on any atom is 0.248 e. The van der Waals surface area contributed by atoms with Crippen molar-refractivity contribution in [3.8, 4) is 11.3 Å². The number of hydrogen-bond acceptors (Lipinski definition) is 4. The Balaban J connectivity index is 1.17. The molecule has 4 bridgehead atoms. The van der Waals surface area contributed by atoms with Crippen LogP contribution in [-0.4, -0.2) is 34.3 Å². The summed E-state index contributed by atoms with van der Waals surface area (Å²) in [7, 11) is 0. The minimum Gasteiger partial charge on any atom is -0.330 e. The van der Waals surface area contributed by atoms with Crippen LogP contribution >= 0.6 is 11.3 Å². The number of carbonyl (C=O) groups excluding carboxylic acids is 2. The normalized spacial score (nSPS) is 33.6. The number of thiazole rings is 1. The van der Waals surface area contributed by atoms with E-state index in [4.69, 9.17) is 0 Å². The fourth-order valence-corrected chi connectivity index (χ4v) is 7.94. The average Bonchev–Trinajstić information content (AvgIpc) is 3.43. The SMILES string of the molecule is O=C(Nc1nc(-c2ccccc2)cs1)C1CCCN1C(=O)C12CC3CC(CC(C3)C1)C2. The predicted molar refractivity (Wildman–Crippen MR) is 122 cm³/mol. The van der Waals surface area contributed by atoms with Crippen molar-refractivity contribution in [3.05, 3.63) is 35.7 Å². The maximum atomic E-state index is 13.8. The Kier molecular flexibility index (Phi) is 4.67. The minimum absolute atomic E-state index is 0.0791. The zero-order valence-corrected chi connectivity index (χ0v) is 18.6. The summed E-state index contributed by atoms with van der Waals surface area (Å²) in [5, 5.41) is 5.59. The van der Waals surface area contributed by atoms with E-state index >= 15 is 0 Å². The molecule has 0 radical (unpaired) electrons. The quantitative estimate of drug-likeness (QED) is 0.739. The molecule has 1 aromatic heterocycles. The predicted octanol–water partition coefficient (Wildman–Crippen LogP) is 4.96. The van der Waals surface area contributed by atoms with Gasteiger partial charge in [0, 0.05) is 17.5 Å². The van der Waals surface area contributed by atoms with Gasteiger partial charge in [-0.1, -0.05) is 30.3 Å². The van der Waals surface area contributed by atoms with Crippen molar-refractivity contribution >= 4 is 28.3 Å². The van der Waals surface area contributed by atoms with Crippen molar-refractivity contribution in [1.82, 2.24) is 9.88 Å². The van der Waals surface area contributed by atoms with Crippen molar-refractivity contribution in [1.29, 1.82) is 0 Å². The third kappa shape index (κ3) is 3.39. The van der Waals surface area contributed by atoms with E-state index in [0.29, 0.717) is 11.7 Å². The zero-order chi connectivity index (χ0) is 21.0. The number of amides is 2. The van der Waals surface area contributed by atoms with Gasteiger partial charge in [0.1, 0.15) is 6.04 Å². The van der Waals surface area contributed by atoms with Crippen LogP contribution in [0.5, 0.6) is 0 Å². The third-order valence-electron chi connectivity index (χ3n) is 8.11. The topological polar surface area (TPSA) is 62.3 Å². The second-order valence-electron chi connectivity index (χ2n) is 10.2. The van der Waals surface area contributed by atoms with E-state index in [9.17, 15) is 9.59 Å². The van der Waals surface area contributed by atoms with Crippen LogP contribution in [0.3, 0.4) is 0 Å². The second-order valence-corrected chi connectivity index (χ2v) is 11.1. The van der Waals surface area contributed by atoms with E-state index in [0.717, 1.165) is 61.1 Å². The van der Waals surface area contributed by atoms with Crippen LogP contribution in [0.25, 0.3) is 11.3 Å². The molecule has 2 aromatic rings. The van der Waals surface area contributed by atoms with Gasteiger partial charge in [-0.05, 0) is 69.1 Å². The molecule has 2 heterocycles. The van der Waals surface area contributed by atoms with Crippen LogP contribution in [0.15, 0.2) is 35.7 Å². The molecule has 1 saturated heterocycles. The molecular weight excluding hydrogens is 406 g/mol. The molecule has 1 unspecified atom stereocenters. The molecule has 5 nitrogen and oxygen atoms in total. The Bertz CT molecular complexity index is 966. The van der Waals surface area contributed by atoms with Gasteiger partial charge < -0.3 is 10.2 Å². The fourth-order valence-electron chi connectivity index (χ4n) is 7.22. The molecule has 2 amide bonds. The van der Waals surface area contributed by atoms with Crippen molar-refractivity contribution < 1.29 is 9.59 Å². The van der Waals surface area contributed by atoms with Crippen molar-refractivity contribution in [2.75, 3.05) is 11.9 Å². The number of nitrogens with one attached hydrogen (secondary N) is 1. The second kappa shape index (κ2) is 7.44. The standard InChI is InChI=1S/C25H29N3O2S/c29-22(27-24-26-20(15-31-24)19-5-2-1-3-6-19)21-7-4-8-28(21)23(30)25-12-16-9-17(13-25)11-18(10-16)14-25/h1-3,5-6,15-18,21H,4,7-14H2,(H,26,27,29). The summed E-state index contributed by atoms with van der Waals surface area (Å²) in [4.78, 5) is 33.5. The van der Waals surface area contributed by atoms with Gasteiger partial charge in [0.2, 0.25) is 11.8 Å². The molecule has 1 aliphatic heterocycles. The van der Waals surface area contributed by atoms with Gasteiger partial charge in [-0.15, -0.1) is 11.3 Å². The first-order valence-electron chi connectivity index (χ1n) is 11.7. The van der Waals surface area contributed by atoms with E-state index in [1.165, 1.54) is 30.6 Å². The molecule has 1 aromatic carbocycles. The lowest BCUT2D eigenvalue weighted by Crippen LogP contribution is -2.56. The summed E-state index contributed by atoms with van der Waals surface area (Å²) in [6, 6.07) is 9.63. The zero-order valence-electron chi connectivity index (χ0n) is 17.8. The molecule has 4 aliphatic carbocycles. The molecule has 1 atom stereocenters. The molecular formula is C25H29N3O2S. The molecule has 0 spiro atoms. The first-order valence-corrected chi connectivity index (χ1v) is 12.6. The summed E-state index contributed by atoms with van der Waals surface area (Å²) in [6.07, 6.45) is 8.78.